The van der Waals surface area contributed by atoms with Crippen LogP contribution in [0.2, 0.25) is 0 Å². The van der Waals surface area contributed by atoms with Gasteiger partial charge in [-0.25, -0.2) is 19.1 Å². The summed E-state index contributed by atoms with van der Waals surface area (Å²) in [5, 5.41) is 21.1. The van der Waals surface area contributed by atoms with Crippen molar-refractivity contribution in [2.75, 3.05) is 24.7 Å². The van der Waals surface area contributed by atoms with Crippen LogP contribution < -0.4 is 0 Å². The van der Waals surface area contributed by atoms with Crippen molar-refractivity contribution >= 4 is 59.5 Å². The molecular formula is C24H30N6O9S2. The van der Waals surface area contributed by atoms with E-state index in [1.807, 2.05) is 0 Å². The second kappa shape index (κ2) is 14.2. The maximum Gasteiger partial charge on any atom is 0.347 e. The van der Waals surface area contributed by atoms with Crippen LogP contribution in [0.3, 0.4) is 0 Å². The molecule has 1 fully saturated rings. The third-order valence-corrected chi connectivity index (χ3v) is 8.41. The minimum Gasteiger partial charge on any atom is -0.479 e. The zero-order valence-corrected chi connectivity index (χ0v) is 24.3. The van der Waals surface area contributed by atoms with Crippen LogP contribution in [-0.4, -0.2) is 107 Å². The van der Waals surface area contributed by atoms with Gasteiger partial charge in [-0.3, -0.25) is 19.4 Å². The van der Waals surface area contributed by atoms with Crippen LogP contribution in [0.15, 0.2) is 28.7 Å². The number of esters is 2. The van der Waals surface area contributed by atoms with Gasteiger partial charge in [0, 0.05) is 43.3 Å². The van der Waals surface area contributed by atoms with Crippen LogP contribution in [0.25, 0.3) is 0 Å². The average Bonchev–Trinajstić information content (AvgIpc) is 3.35. The number of carbonyl (C=O) groups is 6. The van der Waals surface area contributed by atoms with Crippen molar-refractivity contribution in [3.05, 3.63) is 23.5 Å². The summed E-state index contributed by atoms with van der Waals surface area (Å²) in [4.78, 5) is 78.4. The lowest BCUT2D eigenvalue weighted by Crippen LogP contribution is -2.82. The van der Waals surface area contributed by atoms with Crippen LogP contribution in [0.4, 0.5) is 0 Å². The normalized spacial score (nSPS) is 19.3. The zero-order valence-electron chi connectivity index (χ0n) is 22.7. The second-order valence-electron chi connectivity index (χ2n) is 8.66. The van der Waals surface area contributed by atoms with Gasteiger partial charge in [0.1, 0.15) is 11.7 Å². The van der Waals surface area contributed by atoms with E-state index in [0.29, 0.717) is 34.2 Å². The molecule has 0 radical (unpaired) electrons. The van der Waals surface area contributed by atoms with Gasteiger partial charge in [-0.2, -0.15) is 0 Å². The molecule has 1 aromatic rings. The van der Waals surface area contributed by atoms with Crippen molar-refractivity contribution in [1.82, 2.24) is 30.0 Å². The quantitative estimate of drug-likeness (QED) is 0.0422. The standard InChI is InChI=1S/C24H30N6O9S2/c1-4-38-18(33)16(19(34)39-5-2)13-29(17(32)9-7-6-8-11-31)24(22(36)37)20(35)30-15(10-12-40-21(24)30)14-41-23-25-26-27-28(23)3/h10-11,13,21H,4-9,12,14H2,1-3H3,(H,36,37)/t21-,24?/m0/s1. The summed E-state index contributed by atoms with van der Waals surface area (Å²) >= 11 is 2.35. The molecule has 2 amide bonds. The maximum absolute atomic E-state index is 13.8. The molecule has 0 spiro atoms. The Kier molecular flexibility index (Phi) is 11.0. The SMILES string of the molecule is CCOC(=O)C(=CN(C(=O)CCCCC=O)C1(C(=O)O)C(=O)N2C(CSc3nnnn3C)=CCS[C@H]21)C(=O)OCC. The molecule has 2 atom stereocenters. The molecular weight excluding hydrogens is 580 g/mol. The number of carboxylic acid groups (broad SMARTS) is 1. The lowest BCUT2D eigenvalue weighted by atomic mass is 9.84. The van der Waals surface area contributed by atoms with E-state index in [2.05, 4.69) is 15.5 Å². The minimum absolute atomic E-state index is 0.114. The van der Waals surface area contributed by atoms with Crippen molar-refractivity contribution in [2.45, 2.75) is 55.6 Å². The topological polar surface area (TPSA) is 191 Å². The van der Waals surface area contributed by atoms with Crippen LogP contribution in [0.5, 0.6) is 0 Å². The Hall–Kier alpha value is -3.73. The average molecular weight is 611 g/mol. The van der Waals surface area contributed by atoms with Gasteiger partial charge in [-0.1, -0.05) is 17.8 Å². The molecule has 41 heavy (non-hydrogen) atoms. The van der Waals surface area contributed by atoms with Gasteiger partial charge < -0.3 is 19.4 Å². The highest BCUT2D eigenvalue weighted by Gasteiger charge is 2.72. The number of tetrazole rings is 1. The van der Waals surface area contributed by atoms with Crippen molar-refractivity contribution in [3.63, 3.8) is 0 Å². The number of fused-ring (bicyclic) bond motifs is 1. The lowest BCUT2D eigenvalue weighted by Gasteiger charge is -2.57. The summed E-state index contributed by atoms with van der Waals surface area (Å²) in [7, 11) is 1.65. The fourth-order valence-corrected chi connectivity index (χ4v) is 6.45. The first-order valence-corrected chi connectivity index (χ1v) is 14.7. The molecule has 3 heterocycles. The van der Waals surface area contributed by atoms with Crippen molar-refractivity contribution in [1.29, 1.82) is 0 Å². The van der Waals surface area contributed by atoms with Crippen molar-refractivity contribution < 1.29 is 43.3 Å². The van der Waals surface area contributed by atoms with E-state index in [4.69, 9.17) is 9.47 Å². The molecule has 17 heteroatoms. The monoisotopic (exact) mass is 610 g/mol. The molecule has 2 aliphatic heterocycles. The fraction of sp³-hybridized carbons (Fsp3) is 0.542. The molecule has 1 saturated heterocycles. The predicted molar refractivity (Wildman–Crippen MR) is 144 cm³/mol. The van der Waals surface area contributed by atoms with Gasteiger partial charge in [-0.15, -0.1) is 16.9 Å². The summed E-state index contributed by atoms with van der Waals surface area (Å²) in [5.41, 5.74) is -2.70. The highest BCUT2D eigenvalue weighted by atomic mass is 32.2. The van der Waals surface area contributed by atoms with Crippen molar-refractivity contribution in [3.8, 4) is 0 Å². The smallest absolute Gasteiger partial charge is 0.347 e. The first-order valence-electron chi connectivity index (χ1n) is 12.7. The first-order chi connectivity index (χ1) is 19.6. The number of aldehydes is 1. The molecule has 0 aliphatic carbocycles. The van der Waals surface area contributed by atoms with Crippen LogP contribution in [0.1, 0.15) is 39.5 Å². The maximum atomic E-state index is 13.8. The van der Waals surface area contributed by atoms with Gasteiger partial charge in [-0.05, 0) is 37.1 Å². The van der Waals surface area contributed by atoms with Gasteiger partial charge in [0.15, 0.2) is 5.57 Å². The molecule has 1 unspecified atom stereocenters. The molecule has 1 N–H and O–H groups in total. The zero-order chi connectivity index (χ0) is 30.2. The van der Waals surface area contributed by atoms with E-state index >= 15 is 0 Å². The number of ether oxygens (including phenoxy) is 2. The van der Waals surface area contributed by atoms with Crippen LogP contribution in [0, 0.1) is 0 Å². The van der Waals surface area contributed by atoms with Gasteiger partial charge >= 0.3 is 17.9 Å². The van der Waals surface area contributed by atoms with Gasteiger partial charge in [0.05, 0.1) is 13.2 Å². The first kappa shape index (κ1) is 31.8. The minimum atomic E-state index is -2.47. The third-order valence-electron chi connectivity index (χ3n) is 6.14. The molecule has 1 aromatic heterocycles. The Morgan fingerprint density at radius 3 is 2.46 bits per heavy atom. The molecule has 15 nitrogen and oxygen atoms in total. The molecule has 0 bridgehead atoms. The van der Waals surface area contributed by atoms with Gasteiger partial charge in [0.25, 0.3) is 11.4 Å². The Morgan fingerprint density at radius 1 is 1.22 bits per heavy atom. The number of carboxylic acids is 1. The number of aromatic nitrogens is 4. The van der Waals surface area contributed by atoms with E-state index in [1.165, 1.54) is 35.2 Å². The number of hydrogen-bond acceptors (Lipinski definition) is 13. The van der Waals surface area contributed by atoms with Crippen molar-refractivity contribution in [2.24, 2.45) is 7.05 Å². The summed E-state index contributed by atoms with van der Waals surface area (Å²) in [6.45, 7) is 2.78. The number of amides is 2. The Labute approximate surface area is 243 Å². The fourth-order valence-electron chi connectivity index (χ4n) is 4.19. The number of thioether (sulfide) groups is 2. The summed E-state index contributed by atoms with van der Waals surface area (Å²) in [6.07, 6.45) is 3.69. The van der Waals surface area contributed by atoms with E-state index < -0.39 is 46.2 Å². The molecule has 3 rings (SSSR count). The number of aliphatic carboxylic acids is 1. The number of unbranched alkanes of at least 4 members (excludes halogenated alkanes) is 2. The predicted octanol–water partition coefficient (Wildman–Crippen LogP) is 0.523. The highest BCUT2D eigenvalue weighted by Crippen LogP contribution is 2.49. The molecule has 0 saturated carbocycles. The Morgan fingerprint density at radius 2 is 1.90 bits per heavy atom. The third kappa shape index (κ3) is 6.45. The number of carbonyl (C=O) groups excluding carboxylic acids is 5. The second-order valence-corrected chi connectivity index (χ2v) is 10.7. The number of aryl methyl sites for hydroxylation is 1. The highest BCUT2D eigenvalue weighted by molar-refractivity contribution is 8.00. The summed E-state index contributed by atoms with van der Waals surface area (Å²) in [5.74, 6) is -5.10. The number of nitrogens with zero attached hydrogens (tertiary/aromatic N) is 6. The molecule has 222 valence electrons. The largest absolute Gasteiger partial charge is 0.479 e. The number of rotatable bonds is 15. The lowest BCUT2D eigenvalue weighted by molar-refractivity contribution is -0.181. The van der Waals surface area contributed by atoms with Crippen LogP contribution in [-0.2, 0) is 45.3 Å². The Bertz CT molecular complexity index is 1250. The summed E-state index contributed by atoms with van der Waals surface area (Å²) in [6, 6.07) is 0. The summed E-state index contributed by atoms with van der Waals surface area (Å²) < 4.78 is 11.4. The van der Waals surface area contributed by atoms with E-state index in [1.54, 1.807) is 13.1 Å². The van der Waals surface area contributed by atoms with E-state index in [0.717, 1.165) is 18.0 Å². The van der Waals surface area contributed by atoms with Crippen LogP contribution >= 0.6 is 23.5 Å². The van der Waals surface area contributed by atoms with E-state index in [9.17, 15) is 33.9 Å². The molecule has 0 aromatic carbocycles. The number of β-lactam (4-membered cyclic amide) rings is 1. The van der Waals surface area contributed by atoms with E-state index in [-0.39, 0.29) is 38.2 Å². The Balaban J connectivity index is 2.04. The molecule has 2 aliphatic rings. The van der Waals surface area contributed by atoms with Gasteiger partial charge in [0.2, 0.25) is 11.1 Å². The number of hydrogen-bond donors (Lipinski definition) is 1.